The third-order valence-corrected chi connectivity index (χ3v) is 4.38. The van der Waals surface area contributed by atoms with Gasteiger partial charge in [0.05, 0.1) is 0 Å². The average molecular weight is 301 g/mol. The Kier molecular flexibility index (Phi) is 3.19. The van der Waals surface area contributed by atoms with Crippen LogP contribution in [0.3, 0.4) is 0 Å². The van der Waals surface area contributed by atoms with Crippen LogP contribution in [0.15, 0.2) is 59.3 Å². The first kappa shape index (κ1) is 14.0. The Labute approximate surface area is 135 Å². The van der Waals surface area contributed by atoms with Gasteiger partial charge >= 0.3 is 0 Å². The lowest BCUT2D eigenvalue weighted by Crippen LogP contribution is -1.88. The molecule has 2 heterocycles. The highest BCUT2D eigenvalue weighted by Gasteiger charge is 2.16. The summed E-state index contributed by atoms with van der Waals surface area (Å²) in [5, 5.41) is 2.23. The predicted molar refractivity (Wildman–Crippen MR) is 95.8 cm³/mol. The van der Waals surface area contributed by atoms with E-state index in [2.05, 4.69) is 68.2 Å². The van der Waals surface area contributed by atoms with Crippen LogP contribution >= 0.6 is 0 Å². The molecule has 4 rings (SSSR count). The van der Waals surface area contributed by atoms with E-state index in [1.807, 2.05) is 12.4 Å². The van der Waals surface area contributed by atoms with E-state index < -0.39 is 0 Å². The van der Waals surface area contributed by atoms with Crippen LogP contribution in [0.25, 0.3) is 33.1 Å². The first-order valence-corrected chi connectivity index (χ1v) is 8.01. The molecule has 2 nitrogen and oxygen atoms in total. The summed E-state index contributed by atoms with van der Waals surface area (Å²) in [4.78, 5) is 4.41. The third kappa shape index (κ3) is 2.22. The van der Waals surface area contributed by atoms with E-state index in [0.717, 1.165) is 33.1 Å². The summed E-state index contributed by atoms with van der Waals surface area (Å²) >= 11 is 0. The Morgan fingerprint density at radius 1 is 0.913 bits per heavy atom. The maximum atomic E-state index is 6.33. The number of aryl methyl sites for hydroxylation is 1. The molecule has 0 radical (unpaired) electrons. The molecule has 0 atom stereocenters. The van der Waals surface area contributed by atoms with Gasteiger partial charge in [-0.15, -0.1) is 0 Å². The van der Waals surface area contributed by atoms with Crippen molar-refractivity contribution in [3.63, 3.8) is 0 Å². The van der Waals surface area contributed by atoms with Gasteiger partial charge < -0.3 is 4.42 Å². The Hall–Kier alpha value is -2.61. The van der Waals surface area contributed by atoms with Crippen molar-refractivity contribution in [3.8, 4) is 11.1 Å². The van der Waals surface area contributed by atoms with Crippen LogP contribution < -0.4 is 0 Å². The van der Waals surface area contributed by atoms with Crippen LogP contribution in [0.5, 0.6) is 0 Å². The molecule has 114 valence electrons. The summed E-state index contributed by atoms with van der Waals surface area (Å²) in [5.74, 6) is 0.384. The van der Waals surface area contributed by atoms with Gasteiger partial charge in [0.1, 0.15) is 11.2 Å². The minimum absolute atomic E-state index is 0.384. The van der Waals surface area contributed by atoms with Crippen molar-refractivity contribution in [3.05, 3.63) is 66.0 Å². The van der Waals surface area contributed by atoms with E-state index >= 15 is 0 Å². The number of furan rings is 1. The summed E-state index contributed by atoms with van der Waals surface area (Å²) in [7, 11) is 0. The van der Waals surface area contributed by atoms with Gasteiger partial charge in [0.25, 0.3) is 0 Å². The molecule has 4 aromatic rings. The molecule has 0 unspecified atom stereocenters. The molecule has 0 saturated carbocycles. The number of para-hydroxylation sites is 1. The summed E-state index contributed by atoms with van der Waals surface area (Å²) in [6, 6.07) is 14.9. The maximum absolute atomic E-state index is 6.33. The fourth-order valence-electron chi connectivity index (χ4n) is 3.18. The van der Waals surface area contributed by atoms with Gasteiger partial charge in [0, 0.05) is 34.3 Å². The molecule has 2 heteroatoms. The fourth-order valence-corrected chi connectivity index (χ4v) is 3.18. The lowest BCUT2D eigenvalue weighted by atomic mass is 10.00. The van der Waals surface area contributed by atoms with Crippen LogP contribution in [0, 0.1) is 6.92 Å². The van der Waals surface area contributed by atoms with E-state index in [-0.39, 0.29) is 0 Å². The first-order chi connectivity index (χ1) is 11.1. The molecule has 0 saturated heterocycles. The van der Waals surface area contributed by atoms with Crippen molar-refractivity contribution >= 4 is 21.9 Å². The molecule has 0 aliphatic rings. The predicted octanol–water partition coefficient (Wildman–Crippen LogP) is 6.08. The Morgan fingerprint density at radius 3 is 2.52 bits per heavy atom. The standard InChI is InChI=1S/C21H19NO/c1-13(2)18-11-22-12-19-17-9-5-8-16(20(17)23-21(18)19)15-7-4-6-14(3)10-15/h4-13H,1-3H3. The lowest BCUT2D eigenvalue weighted by molar-refractivity contribution is 0.657. The van der Waals surface area contributed by atoms with Crippen molar-refractivity contribution in [1.29, 1.82) is 0 Å². The number of benzene rings is 2. The topological polar surface area (TPSA) is 26.0 Å². The van der Waals surface area contributed by atoms with Crippen molar-refractivity contribution in [2.45, 2.75) is 26.7 Å². The van der Waals surface area contributed by atoms with E-state index in [1.54, 1.807) is 0 Å². The zero-order valence-corrected chi connectivity index (χ0v) is 13.6. The smallest absolute Gasteiger partial charge is 0.143 e. The van der Waals surface area contributed by atoms with Crippen LogP contribution in [0.2, 0.25) is 0 Å². The van der Waals surface area contributed by atoms with Crippen LogP contribution in [-0.2, 0) is 0 Å². The number of hydrogen-bond acceptors (Lipinski definition) is 2. The molecule has 0 spiro atoms. The highest BCUT2D eigenvalue weighted by atomic mass is 16.3. The molecule has 0 aliphatic heterocycles. The van der Waals surface area contributed by atoms with E-state index in [0.29, 0.717) is 5.92 Å². The van der Waals surface area contributed by atoms with E-state index in [9.17, 15) is 0 Å². The van der Waals surface area contributed by atoms with Gasteiger partial charge in [-0.2, -0.15) is 0 Å². The van der Waals surface area contributed by atoms with Crippen LogP contribution in [0.1, 0.15) is 30.9 Å². The van der Waals surface area contributed by atoms with Crippen molar-refractivity contribution in [1.82, 2.24) is 4.98 Å². The number of fused-ring (bicyclic) bond motifs is 3. The molecule has 2 aromatic carbocycles. The second-order valence-electron chi connectivity index (χ2n) is 6.41. The molecule has 0 aliphatic carbocycles. The largest absolute Gasteiger partial charge is 0.455 e. The number of rotatable bonds is 2. The molecule has 2 aromatic heterocycles. The maximum Gasteiger partial charge on any atom is 0.143 e. The minimum Gasteiger partial charge on any atom is -0.455 e. The molecule has 0 fully saturated rings. The molecule has 0 amide bonds. The zero-order valence-electron chi connectivity index (χ0n) is 13.6. The second-order valence-corrected chi connectivity index (χ2v) is 6.41. The number of aromatic nitrogens is 1. The molecular weight excluding hydrogens is 282 g/mol. The number of pyridine rings is 1. The van der Waals surface area contributed by atoms with Gasteiger partial charge in [0.2, 0.25) is 0 Å². The van der Waals surface area contributed by atoms with Crippen LogP contribution in [0.4, 0.5) is 0 Å². The van der Waals surface area contributed by atoms with Crippen molar-refractivity contribution < 1.29 is 4.42 Å². The molecular formula is C21H19NO. The normalized spacial score (nSPS) is 11.7. The second kappa shape index (κ2) is 5.24. The minimum atomic E-state index is 0.384. The zero-order chi connectivity index (χ0) is 16.0. The van der Waals surface area contributed by atoms with Crippen molar-refractivity contribution in [2.24, 2.45) is 0 Å². The van der Waals surface area contributed by atoms with Gasteiger partial charge in [0.15, 0.2) is 0 Å². The molecule has 0 N–H and O–H groups in total. The summed E-state index contributed by atoms with van der Waals surface area (Å²) in [5.41, 5.74) is 6.65. The van der Waals surface area contributed by atoms with Gasteiger partial charge in [-0.1, -0.05) is 61.9 Å². The fraction of sp³-hybridized carbons (Fsp3) is 0.190. The summed E-state index contributed by atoms with van der Waals surface area (Å²) < 4.78 is 6.33. The SMILES string of the molecule is Cc1cccc(-c2cccc3c2oc2c(C(C)C)cncc23)c1. The lowest BCUT2D eigenvalue weighted by Gasteiger charge is -2.04. The highest BCUT2D eigenvalue weighted by molar-refractivity contribution is 6.10. The van der Waals surface area contributed by atoms with Crippen molar-refractivity contribution in [2.75, 3.05) is 0 Å². The first-order valence-electron chi connectivity index (χ1n) is 8.01. The van der Waals surface area contributed by atoms with Gasteiger partial charge in [-0.05, 0) is 18.4 Å². The Bertz CT molecular complexity index is 1010. The third-order valence-electron chi connectivity index (χ3n) is 4.38. The van der Waals surface area contributed by atoms with Gasteiger partial charge in [-0.3, -0.25) is 4.98 Å². The summed E-state index contributed by atoms with van der Waals surface area (Å²) in [6.45, 7) is 6.46. The summed E-state index contributed by atoms with van der Waals surface area (Å²) in [6.07, 6.45) is 3.83. The molecule has 0 bridgehead atoms. The number of hydrogen-bond donors (Lipinski definition) is 0. The average Bonchev–Trinajstić information content (AvgIpc) is 2.93. The monoisotopic (exact) mass is 301 g/mol. The quantitative estimate of drug-likeness (QED) is 0.448. The number of nitrogens with zero attached hydrogens (tertiary/aromatic N) is 1. The molecule has 23 heavy (non-hydrogen) atoms. The van der Waals surface area contributed by atoms with E-state index in [4.69, 9.17) is 4.42 Å². The highest BCUT2D eigenvalue weighted by Crippen LogP contribution is 2.38. The Morgan fingerprint density at radius 2 is 1.74 bits per heavy atom. The van der Waals surface area contributed by atoms with E-state index in [1.165, 1.54) is 11.1 Å². The van der Waals surface area contributed by atoms with Crippen LogP contribution in [-0.4, -0.2) is 4.98 Å². The van der Waals surface area contributed by atoms with Gasteiger partial charge in [-0.25, -0.2) is 0 Å². The Balaban J connectivity index is 2.08.